The quantitative estimate of drug-likeness (QED) is 0.535. The lowest BCUT2D eigenvalue weighted by atomic mass is 9.96. The van der Waals surface area contributed by atoms with Crippen molar-refractivity contribution in [2.45, 2.75) is 24.6 Å². The Morgan fingerprint density at radius 1 is 1.55 bits per heavy atom. The highest BCUT2D eigenvalue weighted by atomic mass is 16.6. The van der Waals surface area contributed by atoms with E-state index < -0.39 is 0 Å². The van der Waals surface area contributed by atoms with Crippen molar-refractivity contribution in [1.82, 2.24) is 0 Å². The third-order valence-corrected chi connectivity index (χ3v) is 1.86. The third-order valence-electron chi connectivity index (χ3n) is 1.86. The van der Waals surface area contributed by atoms with Gasteiger partial charge in [0, 0.05) is 20.2 Å². The van der Waals surface area contributed by atoms with Gasteiger partial charge < -0.3 is 14.2 Å². The second kappa shape index (κ2) is 4.09. The monoisotopic (exact) mass is 156 g/mol. The van der Waals surface area contributed by atoms with Gasteiger partial charge in [-0.2, -0.15) is 0 Å². The average molecular weight is 156 g/mol. The zero-order chi connectivity index (χ0) is 8.27. The molecule has 1 heterocycles. The largest absolute Gasteiger partial charge is 0.382 e. The molecular weight excluding hydrogens is 143 g/mol. The molecule has 0 aromatic heterocycles. The Morgan fingerprint density at radius 3 is 2.82 bits per heavy atom. The normalized spacial score (nSPS) is 37.8. The minimum Gasteiger partial charge on any atom is -0.382 e. The van der Waals surface area contributed by atoms with Crippen molar-refractivity contribution in [2.75, 3.05) is 20.8 Å². The topological polar surface area (TPSA) is 27.7 Å². The van der Waals surface area contributed by atoms with Gasteiger partial charge in [0.15, 0.2) is 0 Å². The molecule has 1 aliphatic rings. The summed E-state index contributed by atoms with van der Waals surface area (Å²) in [4.78, 5) is 0. The molecule has 0 N–H and O–H groups in total. The number of rotatable bonds is 3. The lowest BCUT2D eigenvalue weighted by Crippen LogP contribution is -2.27. The van der Waals surface area contributed by atoms with Crippen LogP contribution in [0.5, 0.6) is 0 Å². The first kappa shape index (κ1) is 9.04. The summed E-state index contributed by atoms with van der Waals surface area (Å²) in [7, 11) is 8.86. The molecule has 62 valence electrons. The Labute approximate surface area is 68.4 Å². The van der Waals surface area contributed by atoms with E-state index in [4.69, 9.17) is 22.1 Å². The molecule has 0 aliphatic carbocycles. The Morgan fingerprint density at radius 2 is 2.27 bits per heavy atom. The lowest BCUT2D eigenvalue weighted by Gasteiger charge is -2.15. The van der Waals surface area contributed by atoms with Gasteiger partial charge in [-0.05, 0) is 6.42 Å². The first-order valence-electron chi connectivity index (χ1n) is 3.70. The van der Waals surface area contributed by atoms with E-state index in [1.165, 1.54) is 0 Å². The predicted molar refractivity (Wildman–Crippen MR) is 41.7 cm³/mol. The summed E-state index contributed by atoms with van der Waals surface area (Å²) in [5.74, 6) is 0. The van der Waals surface area contributed by atoms with Gasteiger partial charge in [-0.25, -0.2) is 0 Å². The van der Waals surface area contributed by atoms with Crippen LogP contribution in [0.15, 0.2) is 0 Å². The molecule has 0 aromatic carbocycles. The van der Waals surface area contributed by atoms with Crippen LogP contribution in [0.25, 0.3) is 0 Å². The molecule has 0 saturated carbocycles. The maximum absolute atomic E-state index is 5.56. The molecular formula is C7H13BO3. The van der Waals surface area contributed by atoms with Gasteiger partial charge in [-0.15, -0.1) is 0 Å². The summed E-state index contributed by atoms with van der Waals surface area (Å²) in [6.45, 7) is 0.548. The molecule has 1 saturated heterocycles. The van der Waals surface area contributed by atoms with Gasteiger partial charge in [0.25, 0.3) is 0 Å². The first-order valence-corrected chi connectivity index (χ1v) is 3.70. The van der Waals surface area contributed by atoms with E-state index >= 15 is 0 Å². The third kappa shape index (κ3) is 2.19. The molecule has 1 aliphatic heterocycles. The molecule has 3 nitrogen and oxygen atoms in total. The maximum Gasteiger partial charge on any atom is 0.109 e. The van der Waals surface area contributed by atoms with Crippen LogP contribution in [0.3, 0.4) is 0 Å². The van der Waals surface area contributed by atoms with Gasteiger partial charge in [-0.3, -0.25) is 0 Å². The number of ether oxygens (including phenoxy) is 3. The summed E-state index contributed by atoms with van der Waals surface area (Å²) in [5.41, 5.74) is 0. The molecule has 1 unspecified atom stereocenters. The zero-order valence-corrected chi connectivity index (χ0v) is 6.95. The molecule has 1 fully saturated rings. The molecule has 2 radical (unpaired) electrons. The van der Waals surface area contributed by atoms with Crippen molar-refractivity contribution in [2.24, 2.45) is 0 Å². The van der Waals surface area contributed by atoms with E-state index in [-0.39, 0.29) is 18.2 Å². The van der Waals surface area contributed by atoms with E-state index in [9.17, 15) is 0 Å². The Bertz CT molecular complexity index is 120. The molecule has 0 amide bonds. The summed E-state index contributed by atoms with van der Waals surface area (Å²) in [6, 6.07) is -0.194. The van der Waals surface area contributed by atoms with Crippen LogP contribution in [0, 0.1) is 0 Å². The highest BCUT2D eigenvalue weighted by Crippen LogP contribution is 2.20. The van der Waals surface area contributed by atoms with E-state index in [1.54, 1.807) is 14.2 Å². The van der Waals surface area contributed by atoms with Crippen LogP contribution in [0.4, 0.5) is 0 Å². The van der Waals surface area contributed by atoms with Gasteiger partial charge >= 0.3 is 0 Å². The minimum absolute atomic E-state index is 0.000000000000000222. The van der Waals surface area contributed by atoms with E-state index in [0.717, 1.165) is 6.42 Å². The Kier molecular flexibility index (Phi) is 3.36. The van der Waals surface area contributed by atoms with Crippen molar-refractivity contribution in [3.05, 3.63) is 0 Å². The molecule has 1 rings (SSSR count). The predicted octanol–water partition coefficient (Wildman–Crippen LogP) is -0.0687. The first-order chi connectivity index (χ1) is 5.27. The second-order valence-electron chi connectivity index (χ2n) is 2.68. The fourth-order valence-corrected chi connectivity index (χ4v) is 1.31. The standard InChI is InChI=1S/C7H13BO3/c1-9-4-6-5(10-2)3-7(8)11-6/h5-7H,3-4H2,1-2H3/t5?,6-,7+/m1/s1. The second-order valence-corrected chi connectivity index (χ2v) is 2.68. The van der Waals surface area contributed by atoms with Crippen LogP contribution in [-0.2, 0) is 14.2 Å². The fraction of sp³-hybridized carbons (Fsp3) is 1.00. The smallest absolute Gasteiger partial charge is 0.109 e. The fourth-order valence-electron chi connectivity index (χ4n) is 1.31. The Hall–Kier alpha value is -0.0551. The van der Waals surface area contributed by atoms with E-state index in [0.29, 0.717) is 6.61 Å². The Balaban J connectivity index is 2.37. The van der Waals surface area contributed by atoms with Crippen molar-refractivity contribution in [1.29, 1.82) is 0 Å². The maximum atomic E-state index is 5.56. The minimum atomic E-state index is -0.194. The van der Waals surface area contributed by atoms with Crippen LogP contribution in [0.2, 0.25) is 0 Å². The summed E-state index contributed by atoms with van der Waals surface area (Å²) >= 11 is 0. The van der Waals surface area contributed by atoms with Crippen LogP contribution < -0.4 is 0 Å². The highest BCUT2D eigenvalue weighted by molar-refractivity contribution is 6.11. The van der Waals surface area contributed by atoms with Crippen molar-refractivity contribution < 1.29 is 14.2 Å². The molecule has 11 heavy (non-hydrogen) atoms. The van der Waals surface area contributed by atoms with Crippen molar-refractivity contribution >= 4 is 7.85 Å². The lowest BCUT2D eigenvalue weighted by molar-refractivity contribution is -0.0315. The van der Waals surface area contributed by atoms with Gasteiger partial charge in [-0.1, -0.05) is 0 Å². The molecule has 3 atom stereocenters. The van der Waals surface area contributed by atoms with Crippen LogP contribution in [0.1, 0.15) is 6.42 Å². The van der Waals surface area contributed by atoms with Gasteiger partial charge in [0.1, 0.15) is 14.0 Å². The average Bonchev–Trinajstić information content (AvgIpc) is 2.32. The zero-order valence-electron chi connectivity index (χ0n) is 6.95. The van der Waals surface area contributed by atoms with Crippen molar-refractivity contribution in [3.63, 3.8) is 0 Å². The van der Waals surface area contributed by atoms with Crippen LogP contribution in [-0.4, -0.2) is 46.9 Å². The summed E-state index contributed by atoms with van der Waals surface area (Å²) in [5, 5.41) is 0. The molecule has 4 heteroatoms. The van der Waals surface area contributed by atoms with Crippen molar-refractivity contribution in [3.8, 4) is 0 Å². The van der Waals surface area contributed by atoms with E-state index in [1.807, 2.05) is 0 Å². The highest BCUT2D eigenvalue weighted by Gasteiger charge is 2.32. The summed E-state index contributed by atoms with van der Waals surface area (Å²) in [6.07, 6.45) is 0.842. The molecule has 0 bridgehead atoms. The number of hydrogen-bond acceptors (Lipinski definition) is 3. The molecule has 0 aromatic rings. The van der Waals surface area contributed by atoms with Gasteiger partial charge in [0.05, 0.1) is 12.7 Å². The van der Waals surface area contributed by atoms with E-state index in [2.05, 4.69) is 0 Å². The SMILES string of the molecule is [B][C@@H]1CC(OC)[C@@H](COC)O1. The van der Waals surface area contributed by atoms with Gasteiger partial charge in [0.2, 0.25) is 0 Å². The summed E-state index contributed by atoms with van der Waals surface area (Å²) < 4.78 is 15.4. The molecule has 0 spiro atoms. The number of methoxy groups -OCH3 is 2. The number of hydrogen-bond donors (Lipinski definition) is 0. The van der Waals surface area contributed by atoms with Crippen LogP contribution >= 0.6 is 0 Å².